The smallest absolute Gasteiger partial charge is 0.257 e. The molecule has 0 aliphatic heterocycles. The Balaban J connectivity index is 2.07. The number of nitrogens with zero attached hydrogens (tertiary/aromatic N) is 2. The first kappa shape index (κ1) is 15.3. The lowest BCUT2D eigenvalue weighted by Gasteiger charge is -2.27. The number of aromatic nitrogens is 1. The van der Waals surface area contributed by atoms with E-state index in [9.17, 15) is 4.79 Å². The van der Waals surface area contributed by atoms with Crippen LogP contribution in [0.4, 0.5) is 5.82 Å². The molecule has 1 aliphatic carbocycles. The topological polar surface area (TPSA) is 71.2 Å². The van der Waals surface area contributed by atoms with Gasteiger partial charge >= 0.3 is 0 Å². The Kier molecular flexibility index (Phi) is 5.37. The van der Waals surface area contributed by atoms with E-state index < -0.39 is 0 Å². The van der Waals surface area contributed by atoms with Crippen molar-refractivity contribution in [2.45, 2.75) is 32.1 Å². The minimum Gasteiger partial charge on any atom is -0.341 e. The lowest BCUT2D eigenvalue weighted by Crippen LogP contribution is -2.33. The second-order valence-corrected chi connectivity index (χ2v) is 6.30. The zero-order chi connectivity index (χ0) is 14.5. The second kappa shape index (κ2) is 7.04. The predicted octanol–water partition coefficient (Wildman–Crippen LogP) is 2.78. The normalized spacial score (nSPS) is 15.9. The van der Waals surface area contributed by atoms with Crippen LogP contribution in [0.5, 0.6) is 0 Å². The molecule has 1 saturated carbocycles. The Hall–Kier alpha value is -1.14. The molecule has 1 aromatic rings. The van der Waals surface area contributed by atoms with Crippen LogP contribution < -0.4 is 11.3 Å². The summed E-state index contributed by atoms with van der Waals surface area (Å²) in [5, 5.41) is 0. The third-order valence-corrected chi connectivity index (χ3v) is 4.26. The number of hydrogen-bond donors (Lipinski definition) is 2. The van der Waals surface area contributed by atoms with E-state index in [1.165, 1.54) is 32.1 Å². The molecular formula is C14H21BrN4O. The number of hydrazine groups is 1. The molecule has 2 rings (SSSR count). The van der Waals surface area contributed by atoms with E-state index in [4.69, 9.17) is 5.84 Å². The monoisotopic (exact) mass is 340 g/mol. The van der Waals surface area contributed by atoms with Crippen molar-refractivity contribution in [2.75, 3.05) is 19.0 Å². The first-order valence-electron chi connectivity index (χ1n) is 6.99. The van der Waals surface area contributed by atoms with Gasteiger partial charge in [0.05, 0.1) is 5.56 Å². The molecule has 20 heavy (non-hydrogen) atoms. The third kappa shape index (κ3) is 3.70. The van der Waals surface area contributed by atoms with Gasteiger partial charge in [-0.15, -0.1) is 0 Å². The fraction of sp³-hybridized carbons (Fsp3) is 0.571. The van der Waals surface area contributed by atoms with Gasteiger partial charge in [0, 0.05) is 24.3 Å². The average molecular weight is 341 g/mol. The molecule has 0 unspecified atom stereocenters. The first-order valence-corrected chi connectivity index (χ1v) is 7.78. The lowest BCUT2D eigenvalue weighted by molar-refractivity contribution is 0.0761. The molecule has 3 N–H and O–H groups in total. The van der Waals surface area contributed by atoms with E-state index >= 15 is 0 Å². The van der Waals surface area contributed by atoms with Crippen LogP contribution in [-0.4, -0.2) is 29.4 Å². The Morgan fingerprint density at radius 1 is 1.50 bits per heavy atom. The Labute approximate surface area is 128 Å². The zero-order valence-electron chi connectivity index (χ0n) is 11.7. The van der Waals surface area contributed by atoms with Crippen molar-refractivity contribution in [1.82, 2.24) is 9.88 Å². The number of pyridine rings is 1. The van der Waals surface area contributed by atoms with Crippen LogP contribution in [0, 0.1) is 5.92 Å². The maximum Gasteiger partial charge on any atom is 0.257 e. The highest BCUT2D eigenvalue weighted by Gasteiger charge is 2.21. The van der Waals surface area contributed by atoms with Gasteiger partial charge in [-0.2, -0.15) is 0 Å². The number of amides is 1. The van der Waals surface area contributed by atoms with Crippen molar-refractivity contribution in [1.29, 1.82) is 0 Å². The molecule has 0 saturated heterocycles. The van der Waals surface area contributed by atoms with Gasteiger partial charge < -0.3 is 10.3 Å². The number of nitrogens with two attached hydrogens (primary N) is 1. The molecule has 1 heterocycles. The van der Waals surface area contributed by atoms with Crippen molar-refractivity contribution < 1.29 is 4.79 Å². The molecule has 1 fully saturated rings. The van der Waals surface area contributed by atoms with Crippen molar-refractivity contribution in [3.05, 3.63) is 22.3 Å². The molecule has 0 aromatic carbocycles. The van der Waals surface area contributed by atoms with Crippen LogP contribution in [0.1, 0.15) is 42.5 Å². The predicted molar refractivity (Wildman–Crippen MR) is 83.3 cm³/mol. The van der Waals surface area contributed by atoms with E-state index in [-0.39, 0.29) is 5.91 Å². The van der Waals surface area contributed by atoms with Gasteiger partial charge in [-0.3, -0.25) is 4.79 Å². The van der Waals surface area contributed by atoms with Crippen LogP contribution in [-0.2, 0) is 0 Å². The van der Waals surface area contributed by atoms with Gasteiger partial charge in [0.2, 0.25) is 0 Å². The summed E-state index contributed by atoms with van der Waals surface area (Å²) < 4.78 is 0.769. The summed E-state index contributed by atoms with van der Waals surface area (Å²) in [6.07, 6.45) is 7.94. The van der Waals surface area contributed by atoms with Crippen LogP contribution in [0.25, 0.3) is 0 Å². The summed E-state index contributed by atoms with van der Waals surface area (Å²) in [7, 11) is 1.85. The summed E-state index contributed by atoms with van der Waals surface area (Å²) in [5.41, 5.74) is 2.98. The molecule has 1 aromatic heterocycles. The van der Waals surface area contributed by atoms with E-state index in [1.807, 2.05) is 7.05 Å². The largest absolute Gasteiger partial charge is 0.341 e. The summed E-state index contributed by atoms with van der Waals surface area (Å²) in [6, 6.07) is 1.75. The fourth-order valence-corrected chi connectivity index (χ4v) is 3.09. The van der Waals surface area contributed by atoms with Gasteiger partial charge in [-0.25, -0.2) is 10.8 Å². The van der Waals surface area contributed by atoms with E-state index in [0.717, 1.165) is 11.0 Å². The molecule has 0 atom stereocenters. The van der Waals surface area contributed by atoms with Gasteiger partial charge in [0.15, 0.2) is 5.82 Å². The molecule has 0 bridgehead atoms. The summed E-state index contributed by atoms with van der Waals surface area (Å²) >= 11 is 3.34. The van der Waals surface area contributed by atoms with E-state index in [2.05, 4.69) is 26.3 Å². The highest BCUT2D eigenvalue weighted by atomic mass is 79.9. The van der Waals surface area contributed by atoms with Crippen LogP contribution >= 0.6 is 15.9 Å². The highest BCUT2D eigenvalue weighted by Crippen LogP contribution is 2.25. The second-order valence-electron chi connectivity index (χ2n) is 5.38. The van der Waals surface area contributed by atoms with Gasteiger partial charge in [-0.05, 0) is 40.8 Å². The standard InChI is InChI=1S/C14H21BrN4O/c1-19(9-10-5-3-2-4-6-10)14(20)12-7-11(15)8-17-13(12)18-16/h7-8,10H,2-6,9,16H2,1H3,(H,17,18). The van der Waals surface area contributed by atoms with Gasteiger partial charge in [0.1, 0.15) is 0 Å². The zero-order valence-corrected chi connectivity index (χ0v) is 13.3. The van der Waals surface area contributed by atoms with Crippen molar-refractivity contribution >= 4 is 27.7 Å². The Morgan fingerprint density at radius 2 is 2.20 bits per heavy atom. The Bertz CT molecular complexity index is 474. The van der Waals surface area contributed by atoms with Gasteiger partial charge in [-0.1, -0.05) is 19.3 Å². The molecule has 1 amide bonds. The summed E-state index contributed by atoms with van der Waals surface area (Å²) in [6.45, 7) is 0.801. The number of anilines is 1. The number of nitrogens with one attached hydrogen (secondary N) is 1. The van der Waals surface area contributed by atoms with E-state index in [1.54, 1.807) is 17.2 Å². The maximum atomic E-state index is 12.5. The minimum atomic E-state index is -0.0441. The summed E-state index contributed by atoms with van der Waals surface area (Å²) in [5.74, 6) is 6.41. The van der Waals surface area contributed by atoms with Crippen LogP contribution in [0.15, 0.2) is 16.7 Å². The molecule has 110 valence electrons. The van der Waals surface area contributed by atoms with Crippen LogP contribution in [0.3, 0.4) is 0 Å². The van der Waals surface area contributed by atoms with Gasteiger partial charge in [0.25, 0.3) is 5.91 Å². The Morgan fingerprint density at radius 3 is 2.85 bits per heavy atom. The lowest BCUT2D eigenvalue weighted by atomic mass is 9.89. The van der Waals surface area contributed by atoms with Crippen LogP contribution in [0.2, 0.25) is 0 Å². The SMILES string of the molecule is CN(CC1CCCCC1)C(=O)c1cc(Br)cnc1NN. The fourth-order valence-electron chi connectivity index (χ4n) is 2.76. The van der Waals surface area contributed by atoms with Crippen molar-refractivity contribution in [3.63, 3.8) is 0 Å². The number of carbonyl (C=O) groups excluding carboxylic acids is 1. The average Bonchev–Trinajstić information content (AvgIpc) is 2.47. The third-order valence-electron chi connectivity index (χ3n) is 3.82. The molecule has 6 heteroatoms. The number of nitrogen functional groups attached to an aromatic ring is 1. The molecule has 0 spiro atoms. The first-order chi connectivity index (χ1) is 9.61. The number of hydrogen-bond acceptors (Lipinski definition) is 4. The summed E-state index contributed by atoms with van der Waals surface area (Å²) in [4.78, 5) is 18.4. The maximum absolute atomic E-state index is 12.5. The molecule has 0 radical (unpaired) electrons. The number of carbonyl (C=O) groups is 1. The number of halogens is 1. The van der Waals surface area contributed by atoms with Crippen molar-refractivity contribution in [3.8, 4) is 0 Å². The van der Waals surface area contributed by atoms with E-state index in [0.29, 0.717) is 17.3 Å². The molecular weight excluding hydrogens is 320 g/mol. The molecule has 1 aliphatic rings. The minimum absolute atomic E-state index is 0.0441. The highest BCUT2D eigenvalue weighted by molar-refractivity contribution is 9.10. The number of rotatable bonds is 4. The van der Waals surface area contributed by atoms with Crippen molar-refractivity contribution in [2.24, 2.45) is 11.8 Å². The molecule has 5 nitrogen and oxygen atoms in total. The quantitative estimate of drug-likeness (QED) is 0.653.